The van der Waals surface area contributed by atoms with Gasteiger partial charge < -0.3 is 10.4 Å². The van der Waals surface area contributed by atoms with E-state index in [4.69, 9.17) is 11.6 Å². The molecule has 0 saturated carbocycles. The number of aromatic hydroxyl groups is 1. The number of likely N-dealkylation sites (tertiary alicyclic amines) is 1. The maximum absolute atomic E-state index is 10.2. The van der Waals surface area contributed by atoms with Gasteiger partial charge in [0.15, 0.2) is 0 Å². The molecule has 6 heteroatoms. The third-order valence-corrected chi connectivity index (χ3v) is 5.02. The number of rotatable bonds is 4. The van der Waals surface area contributed by atoms with E-state index in [0.29, 0.717) is 10.8 Å². The van der Waals surface area contributed by atoms with Gasteiger partial charge in [-0.1, -0.05) is 18.0 Å². The van der Waals surface area contributed by atoms with Crippen molar-refractivity contribution in [1.29, 1.82) is 0 Å². The quantitative estimate of drug-likeness (QED) is 0.652. The minimum Gasteiger partial charge on any atom is -0.508 e. The third kappa shape index (κ3) is 3.74. The summed E-state index contributed by atoms with van der Waals surface area (Å²) in [7, 11) is 0. The number of aromatic nitrogens is 2. The van der Waals surface area contributed by atoms with Gasteiger partial charge in [0.25, 0.3) is 0 Å². The number of halogens is 1. The first kappa shape index (κ1) is 17.1. The van der Waals surface area contributed by atoms with Crippen LogP contribution in [0.2, 0.25) is 5.02 Å². The largest absolute Gasteiger partial charge is 0.508 e. The lowest BCUT2D eigenvalue weighted by molar-refractivity contribution is 0.218. The van der Waals surface area contributed by atoms with Crippen molar-refractivity contribution >= 4 is 34.0 Å². The lowest BCUT2D eigenvalue weighted by atomic mass is 10.1. The van der Waals surface area contributed by atoms with E-state index in [1.807, 2.05) is 30.3 Å². The molecule has 0 atom stereocenters. The zero-order valence-electron chi connectivity index (χ0n) is 14.5. The Bertz CT molecular complexity index is 925. The standard InChI is InChI=1S/C20H21ClN4O/c21-15-4-6-17-18(11-15)22-13-23-20(17)24-16-5-7-19(26)14(10-16)12-25-8-2-1-3-9-25/h4-7,10-11,13,26H,1-3,8-9,12H2,(H,22,23,24). The van der Waals surface area contributed by atoms with E-state index in [-0.39, 0.29) is 0 Å². The normalized spacial score (nSPS) is 15.3. The van der Waals surface area contributed by atoms with E-state index < -0.39 is 0 Å². The molecule has 0 spiro atoms. The molecule has 4 rings (SSSR count). The van der Waals surface area contributed by atoms with Crippen LogP contribution >= 0.6 is 11.6 Å². The molecule has 0 aliphatic carbocycles. The first-order chi connectivity index (χ1) is 12.7. The van der Waals surface area contributed by atoms with E-state index in [2.05, 4.69) is 20.2 Å². The zero-order chi connectivity index (χ0) is 17.9. The van der Waals surface area contributed by atoms with Gasteiger partial charge in [0.2, 0.25) is 0 Å². The first-order valence-electron chi connectivity index (χ1n) is 8.90. The van der Waals surface area contributed by atoms with Crippen LogP contribution in [0.15, 0.2) is 42.7 Å². The van der Waals surface area contributed by atoms with Crippen molar-refractivity contribution in [3.05, 3.63) is 53.3 Å². The van der Waals surface area contributed by atoms with Crippen molar-refractivity contribution < 1.29 is 5.11 Å². The molecule has 1 aromatic heterocycles. The Hall–Kier alpha value is -2.37. The second-order valence-corrected chi connectivity index (χ2v) is 7.13. The summed E-state index contributed by atoms with van der Waals surface area (Å²) in [6, 6.07) is 11.2. The fourth-order valence-corrected chi connectivity index (χ4v) is 3.58. The Morgan fingerprint density at radius 3 is 2.73 bits per heavy atom. The molecule has 0 bridgehead atoms. The molecule has 5 nitrogen and oxygen atoms in total. The SMILES string of the molecule is Oc1ccc(Nc2ncnc3cc(Cl)ccc23)cc1CN1CCCCC1. The van der Waals surface area contributed by atoms with E-state index in [1.165, 1.54) is 25.6 Å². The molecule has 26 heavy (non-hydrogen) atoms. The number of hydrogen-bond donors (Lipinski definition) is 2. The summed E-state index contributed by atoms with van der Waals surface area (Å²) < 4.78 is 0. The van der Waals surface area contributed by atoms with Gasteiger partial charge in [-0.05, 0) is 62.3 Å². The van der Waals surface area contributed by atoms with Crippen LogP contribution in [0.3, 0.4) is 0 Å². The molecule has 0 amide bonds. The summed E-state index contributed by atoms with van der Waals surface area (Å²) in [6.07, 6.45) is 5.29. The minimum absolute atomic E-state index is 0.334. The van der Waals surface area contributed by atoms with E-state index in [0.717, 1.165) is 47.6 Å². The second-order valence-electron chi connectivity index (χ2n) is 6.69. The third-order valence-electron chi connectivity index (χ3n) is 4.78. The monoisotopic (exact) mass is 368 g/mol. The number of phenolic OH excluding ortho intramolecular Hbond substituents is 1. The molecule has 2 aromatic carbocycles. The molecule has 1 fully saturated rings. The van der Waals surface area contributed by atoms with E-state index in [9.17, 15) is 5.11 Å². The Balaban J connectivity index is 1.59. The molecule has 2 heterocycles. The molecule has 0 radical (unpaired) electrons. The molecule has 2 N–H and O–H groups in total. The van der Waals surface area contributed by atoms with Gasteiger partial charge in [-0.15, -0.1) is 0 Å². The van der Waals surface area contributed by atoms with Crippen molar-refractivity contribution in [2.24, 2.45) is 0 Å². The number of phenols is 1. The summed E-state index contributed by atoms with van der Waals surface area (Å²) in [5.41, 5.74) is 2.62. The summed E-state index contributed by atoms with van der Waals surface area (Å²) in [5, 5.41) is 15.1. The van der Waals surface area contributed by atoms with Gasteiger partial charge in [0, 0.05) is 28.2 Å². The first-order valence-corrected chi connectivity index (χ1v) is 9.28. The number of hydrogen-bond acceptors (Lipinski definition) is 5. The van der Waals surface area contributed by atoms with E-state index in [1.54, 1.807) is 6.07 Å². The zero-order valence-corrected chi connectivity index (χ0v) is 15.2. The molecule has 0 unspecified atom stereocenters. The Morgan fingerprint density at radius 2 is 1.88 bits per heavy atom. The topological polar surface area (TPSA) is 61.3 Å². The van der Waals surface area contributed by atoms with Crippen LogP contribution in [-0.2, 0) is 6.54 Å². The van der Waals surface area contributed by atoms with Crippen LogP contribution in [0, 0.1) is 0 Å². The Kier molecular flexibility index (Phi) is 4.91. The van der Waals surface area contributed by atoms with Crippen molar-refractivity contribution in [2.75, 3.05) is 18.4 Å². The number of nitrogens with zero attached hydrogens (tertiary/aromatic N) is 3. The number of anilines is 2. The molecule has 1 aliphatic heterocycles. The van der Waals surface area contributed by atoms with Crippen LogP contribution in [-0.4, -0.2) is 33.1 Å². The van der Waals surface area contributed by atoms with Gasteiger partial charge in [-0.3, -0.25) is 4.90 Å². The predicted octanol–water partition coefficient (Wildman–Crippen LogP) is 4.72. The number of nitrogens with one attached hydrogen (secondary N) is 1. The average molecular weight is 369 g/mol. The van der Waals surface area contributed by atoms with Gasteiger partial charge in [-0.2, -0.15) is 0 Å². The van der Waals surface area contributed by atoms with Crippen LogP contribution < -0.4 is 5.32 Å². The van der Waals surface area contributed by atoms with Gasteiger partial charge in [-0.25, -0.2) is 9.97 Å². The fraction of sp³-hybridized carbons (Fsp3) is 0.300. The highest BCUT2D eigenvalue weighted by Crippen LogP contribution is 2.29. The lowest BCUT2D eigenvalue weighted by Crippen LogP contribution is -2.29. The second kappa shape index (κ2) is 7.48. The Labute approximate surface area is 157 Å². The van der Waals surface area contributed by atoms with Gasteiger partial charge >= 0.3 is 0 Å². The molecule has 1 aliphatic rings. The fourth-order valence-electron chi connectivity index (χ4n) is 3.41. The maximum Gasteiger partial charge on any atom is 0.141 e. The molecular formula is C20H21ClN4O. The summed E-state index contributed by atoms with van der Waals surface area (Å²) in [4.78, 5) is 11.0. The number of fused-ring (bicyclic) bond motifs is 1. The molecule has 134 valence electrons. The summed E-state index contributed by atoms with van der Waals surface area (Å²) in [5.74, 6) is 1.06. The van der Waals surface area contributed by atoms with Crippen LogP contribution in [0.25, 0.3) is 10.9 Å². The van der Waals surface area contributed by atoms with Gasteiger partial charge in [0.1, 0.15) is 17.9 Å². The Morgan fingerprint density at radius 1 is 1.04 bits per heavy atom. The van der Waals surface area contributed by atoms with Gasteiger partial charge in [0.05, 0.1) is 5.52 Å². The average Bonchev–Trinajstić information content (AvgIpc) is 2.65. The highest BCUT2D eigenvalue weighted by molar-refractivity contribution is 6.31. The lowest BCUT2D eigenvalue weighted by Gasteiger charge is -2.26. The molecule has 1 saturated heterocycles. The smallest absolute Gasteiger partial charge is 0.141 e. The molecule has 3 aromatic rings. The summed E-state index contributed by atoms with van der Waals surface area (Å²) in [6.45, 7) is 2.95. The van der Waals surface area contributed by atoms with Crippen molar-refractivity contribution in [1.82, 2.24) is 14.9 Å². The number of benzene rings is 2. The predicted molar refractivity (Wildman–Crippen MR) is 105 cm³/mol. The van der Waals surface area contributed by atoms with E-state index >= 15 is 0 Å². The van der Waals surface area contributed by atoms with Crippen molar-refractivity contribution in [3.8, 4) is 5.75 Å². The van der Waals surface area contributed by atoms with Crippen LogP contribution in [0.5, 0.6) is 5.75 Å². The highest BCUT2D eigenvalue weighted by atomic mass is 35.5. The summed E-state index contributed by atoms with van der Waals surface area (Å²) >= 11 is 6.05. The maximum atomic E-state index is 10.2. The van der Waals surface area contributed by atoms with Crippen LogP contribution in [0.4, 0.5) is 11.5 Å². The van der Waals surface area contributed by atoms with Crippen molar-refractivity contribution in [3.63, 3.8) is 0 Å². The van der Waals surface area contributed by atoms with Crippen LogP contribution in [0.1, 0.15) is 24.8 Å². The highest BCUT2D eigenvalue weighted by Gasteiger charge is 2.13. The van der Waals surface area contributed by atoms with Crippen molar-refractivity contribution in [2.45, 2.75) is 25.8 Å². The number of piperidine rings is 1. The molecular weight excluding hydrogens is 348 g/mol. The minimum atomic E-state index is 0.334.